The maximum absolute atomic E-state index is 6.41. The minimum atomic E-state index is 0.615. The van der Waals surface area contributed by atoms with E-state index >= 15 is 0 Å². The van der Waals surface area contributed by atoms with Crippen LogP contribution in [0.4, 0.5) is 5.69 Å². The number of nitrogens with zero attached hydrogens (tertiary/aromatic N) is 1. The third-order valence-corrected chi connectivity index (χ3v) is 8.30. The topological polar surface area (TPSA) is 15.3 Å². The number of rotatable bonds is 2. The maximum atomic E-state index is 6.41. The van der Waals surface area contributed by atoms with Gasteiger partial charge in [-0.1, -0.05) is 53.5 Å². The van der Waals surface area contributed by atoms with Crippen molar-refractivity contribution in [2.45, 2.75) is 23.3 Å². The van der Waals surface area contributed by atoms with E-state index in [4.69, 9.17) is 23.2 Å². The van der Waals surface area contributed by atoms with Crippen molar-refractivity contribution < 1.29 is 0 Å². The first-order chi connectivity index (χ1) is 14.7. The second-order valence-corrected chi connectivity index (χ2v) is 10.3. The van der Waals surface area contributed by atoms with E-state index < -0.39 is 0 Å². The van der Waals surface area contributed by atoms with Gasteiger partial charge in [-0.25, -0.2) is 0 Å². The Morgan fingerprint density at radius 2 is 1.73 bits per heavy atom. The lowest BCUT2D eigenvalue weighted by Gasteiger charge is -2.25. The normalized spacial score (nSPS) is 22.0. The fourth-order valence-corrected chi connectivity index (χ4v) is 6.83. The molecule has 0 radical (unpaired) electrons. The van der Waals surface area contributed by atoms with Crippen LogP contribution < -0.4 is 10.2 Å². The van der Waals surface area contributed by atoms with Gasteiger partial charge in [-0.2, -0.15) is 0 Å². The van der Waals surface area contributed by atoms with E-state index in [0.29, 0.717) is 22.0 Å². The Hall–Kier alpha value is -1.65. The highest BCUT2D eigenvalue weighted by atomic mass is 35.5. The van der Waals surface area contributed by atoms with Crippen LogP contribution in [0.1, 0.15) is 17.9 Å². The fraction of sp³-hybridized carbons (Fsp3) is 0.280. The third-order valence-electron chi connectivity index (χ3n) is 6.63. The Bertz CT molecular complexity index is 1130. The molecule has 30 heavy (non-hydrogen) atoms. The summed E-state index contributed by atoms with van der Waals surface area (Å²) >= 11 is 14.5. The largest absolute Gasteiger partial charge is 0.365 e. The molecule has 1 fully saturated rings. The summed E-state index contributed by atoms with van der Waals surface area (Å²) in [4.78, 5) is 4.14. The monoisotopic (exact) mass is 452 g/mol. The Morgan fingerprint density at radius 3 is 2.57 bits per heavy atom. The average molecular weight is 453 g/mol. The lowest BCUT2D eigenvalue weighted by atomic mass is 9.93. The van der Waals surface area contributed by atoms with E-state index in [-0.39, 0.29) is 0 Å². The van der Waals surface area contributed by atoms with Crippen molar-refractivity contribution >= 4 is 40.7 Å². The van der Waals surface area contributed by atoms with Crippen LogP contribution in [0.25, 0.3) is 22.3 Å². The summed E-state index contributed by atoms with van der Waals surface area (Å²) in [5.74, 6) is 1.81. The van der Waals surface area contributed by atoms with Gasteiger partial charge in [0.25, 0.3) is 0 Å². The summed E-state index contributed by atoms with van der Waals surface area (Å²) in [6, 6.07) is 19.9. The lowest BCUT2D eigenvalue weighted by molar-refractivity contribution is 0.618. The molecule has 6 rings (SSSR count). The number of nitrogens with one attached hydrogen (secondary N) is 1. The molecule has 0 amide bonds. The molecule has 0 saturated carbocycles. The molecular formula is C25H22Cl2N2S. The molecule has 152 valence electrons. The number of fused-ring (bicyclic) bond motifs is 3. The van der Waals surface area contributed by atoms with Gasteiger partial charge in [-0.15, -0.1) is 11.8 Å². The zero-order valence-corrected chi connectivity index (χ0v) is 18.8. The van der Waals surface area contributed by atoms with Gasteiger partial charge in [-0.3, -0.25) is 0 Å². The quantitative estimate of drug-likeness (QED) is 0.465. The number of halogens is 2. The molecule has 5 heteroatoms. The van der Waals surface area contributed by atoms with Crippen molar-refractivity contribution in [2.75, 3.05) is 30.3 Å². The van der Waals surface area contributed by atoms with E-state index in [1.165, 1.54) is 46.0 Å². The molecule has 0 bridgehead atoms. The third kappa shape index (κ3) is 3.06. The summed E-state index contributed by atoms with van der Waals surface area (Å²) in [7, 11) is 0. The molecule has 1 N–H and O–H groups in total. The number of anilines is 1. The van der Waals surface area contributed by atoms with Crippen molar-refractivity contribution in [1.29, 1.82) is 0 Å². The highest BCUT2D eigenvalue weighted by Crippen LogP contribution is 2.50. The van der Waals surface area contributed by atoms with Crippen LogP contribution in [0, 0.1) is 0 Å². The van der Waals surface area contributed by atoms with Crippen LogP contribution in [0.5, 0.6) is 0 Å². The molecule has 3 heterocycles. The Balaban J connectivity index is 1.40. The van der Waals surface area contributed by atoms with Crippen LogP contribution >= 0.6 is 35.0 Å². The SMILES string of the molecule is Clc1ccc(-c2ccc(-c3cc4c5c(c3)[C@@H]3CNC[C@@H]3N5CCCS4)cc2)c(Cl)c1. The van der Waals surface area contributed by atoms with Gasteiger partial charge >= 0.3 is 0 Å². The molecule has 0 aromatic heterocycles. The molecule has 0 unspecified atom stereocenters. The summed E-state index contributed by atoms with van der Waals surface area (Å²) in [6.07, 6.45) is 1.26. The molecule has 0 spiro atoms. The molecule has 2 atom stereocenters. The number of thioether (sulfide) groups is 1. The summed E-state index contributed by atoms with van der Waals surface area (Å²) in [6.45, 7) is 3.39. The van der Waals surface area contributed by atoms with Gasteiger partial charge in [0.2, 0.25) is 0 Å². The lowest BCUT2D eigenvalue weighted by Crippen LogP contribution is -2.35. The Morgan fingerprint density at radius 1 is 0.900 bits per heavy atom. The highest BCUT2D eigenvalue weighted by molar-refractivity contribution is 7.99. The van der Waals surface area contributed by atoms with Crippen molar-refractivity contribution in [3.05, 3.63) is 70.2 Å². The van der Waals surface area contributed by atoms with E-state index in [9.17, 15) is 0 Å². The minimum Gasteiger partial charge on any atom is -0.365 e. The first-order valence-corrected chi connectivity index (χ1v) is 12.3. The van der Waals surface area contributed by atoms with Gasteiger partial charge in [0.1, 0.15) is 0 Å². The van der Waals surface area contributed by atoms with Crippen molar-refractivity contribution in [2.24, 2.45) is 0 Å². The van der Waals surface area contributed by atoms with E-state index in [0.717, 1.165) is 24.2 Å². The Kier molecular flexibility index (Phi) is 4.76. The number of hydrogen-bond donors (Lipinski definition) is 1. The minimum absolute atomic E-state index is 0.615. The second kappa shape index (κ2) is 7.49. The predicted octanol–water partition coefficient (Wildman–Crippen LogP) is 6.70. The van der Waals surface area contributed by atoms with E-state index in [1.54, 1.807) is 6.07 Å². The molecule has 1 saturated heterocycles. The van der Waals surface area contributed by atoms with Gasteiger partial charge in [0, 0.05) is 52.1 Å². The Labute approximate surface area is 191 Å². The molecular weight excluding hydrogens is 431 g/mol. The smallest absolute Gasteiger partial charge is 0.0544 e. The van der Waals surface area contributed by atoms with Crippen LogP contribution in [0.2, 0.25) is 10.0 Å². The number of hydrogen-bond acceptors (Lipinski definition) is 3. The highest BCUT2D eigenvalue weighted by Gasteiger charge is 2.43. The summed E-state index contributed by atoms with van der Waals surface area (Å²) < 4.78 is 0. The zero-order valence-electron chi connectivity index (χ0n) is 16.5. The van der Waals surface area contributed by atoms with Crippen molar-refractivity contribution in [3.8, 4) is 22.3 Å². The van der Waals surface area contributed by atoms with Crippen LogP contribution in [0.15, 0.2) is 59.5 Å². The van der Waals surface area contributed by atoms with Gasteiger partial charge in [0.05, 0.1) is 5.69 Å². The van der Waals surface area contributed by atoms with Gasteiger partial charge < -0.3 is 10.2 Å². The molecule has 3 aromatic carbocycles. The van der Waals surface area contributed by atoms with E-state index in [2.05, 4.69) is 46.6 Å². The average Bonchev–Trinajstić information content (AvgIpc) is 3.26. The van der Waals surface area contributed by atoms with Crippen LogP contribution in [0.3, 0.4) is 0 Å². The van der Waals surface area contributed by atoms with Gasteiger partial charge in [-0.05, 0) is 58.7 Å². The fourth-order valence-electron chi connectivity index (χ4n) is 5.23. The maximum Gasteiger partial charge on any atom is 0.0544 e. The number of benzene rings is 3. The van der Waals surface area contributed by atoms with Crippen molar-refractivity contribution in [3.63, 3.8) is 0 Å². The second-order valence-electron chi connectivity index (χ2n) is 8.34. The van der Waals surface area contributed by atoms with Crippen LogP contribution in [-0.4, -0.2) is 31.4 Å². The molecule has 3 aliphatic heterocycles. The molecule has 3 aliphatic rings. The van der Waals surface area contributed by atoms with E-state index in [1.807, 2.05) is 23.9 Å². The van der Waals surface area contributed by atoms with Crippen molar-refractivity contribution in [1.82, 2.24) is 5.32 Å². The van der Waals surface area contributed by atoms with Gasteiger partial charge in [0.15, 0.2) is 0 Å². The molecule has 0 aliphatic carbocycles. The van der Waals surface area contributed by atoms with Crippen LogP contribution in [-0.2, 0) is 0 Å². The molecule has 3 aromatic rings. The zero-order chi connectivity index (χ0) is 20.2. The molecule has 2 nitrogen and oxygen atoms in total. The summed E-state index contributed by atoms with van der Waals surface area (Å²) in [5.41, 5.74) is 7.76. The standard InChI is InChI=1S/C25H22Cl2N2S/c26-18-6-7-19(22(27)12-18)16-4-2-15(3-5-16)17-10-20-21-13-28-14-23(21)29-8-1-9-30-24(11-17)25(20)29/h2-7,10-12,21,23,28H,1,8-9,13-14H2/t21-,23-/m0/s1. The first-order valence-electron chi connectivity index (χ1n) is 10.5. The predicted molar refractivity (Wildman–Crippen MR) is 129 cm³/mol. The summed E-state index contributed by atoms with van der Waals surface area (Å²) in [5, 5.41) is 4.96. The first kappa shape index (κ1) is 19.1.